The molecule has 0 saturated carbocycles. The van der Waals surface area contributed by atoms with Gasteiger partial charge in [0.1, 0.15) is 18.0 Å². The van der Waals surface area contributed by atoms with Crippen molar-refractivity contribution in [1.82, 2.24) is 15.0 Å². The van der Waals surface area contributed by atoms with E-state index < -0.39 is 36.1 Å². The lowest BCUT2D eigenvalue weighted by molar-refractivity contribution is -0.192. The number of carbonyl (C=O) groups is 1. The van der Waals surface area contributed by atoms with E-state index >= 15 is 0 Å². The summed E-state index contributed by atoms with van der Waals surface area (Å²) in [6.07, 6.45) is -4.92. The number of hydrogen-bond donors (Lipinski definition) is 3. The number of carboxylic acids is 1. The quantitative estimate of drug-likeness (QED) is 0.132. The molecule has 2 aromatic rings. The normalized spacial score (nSPS) is 17.4. The van der Waals surface area contributed by atoms with Crippen LogP contribution in [0.2, 0.25) is 0 Å². The van der Waals surface area contributed by atoms with Crippen molar-refractivity contribution in [3.63, 3.8) is 0 Å². The summed E-state index contributed by atoms with van der Waals surface area (Å²) in [6.45, 7) is 2.24. The molecule has 3 rings (SSSR count). The smallest absolute Gasteiger partial charge is 0.490 e. The Bertz CT molecular complexity index is 1120. The molecule has 1 saturated heterocycles. The van der Waals surface area contributed by atoms with Crippen molar-refractivity contribution in [2.75, 3.05) is 13.2 Å². The van der Waals surface area contributed by atoms with E-state index in [-0.39, 0.29) is 48.6 Å². The van der Waals surface area contributed by atoms with Gasteiger partial charge in [0.25, 0.3) is 0 Å². The van der Waals surface area contributed by atoms with Crippen LogP contribution >= 0.6 is 0 Å². The molecule has 0 amide bonds. The molecule has 0 bridgehead atoms. The largest absolute Gasteiger partial charge is 0.493 e. The summed E-state index contributed by atoms with van der Waals surface area (Å²) in [5, 5.41) is 18.5. The van der Waals surface area contributed by atoms with Crippen LogP contribution in [0.1, 0.15) is 69.4 Å². The second-order valence-corrected chi connectivity index (χ2v) is 8.97. The first-order valence-electron chi connectivity index (χ1n) is 12.4. The van der Waals surface area contributed by atoms with Gasteiger partial charge in [-0.2, -0.15) is 31.3 Å². The molecule has 40 heavy (non-hydrogen) atoms. The molecule has 0 radical (unpaired) electrons. The van der Waals surface area contributed by atoms with Crippen LogP contribution < -0.4 is 10.5 Å². The van der Waals surface area contributed by atoms with Gasteiger partial charge in [-0.1, -0.05) is 44.2 Å². The third kappa shape index (κ3) is 9.55. The summed E-state index contributed by atoms with van der Waals surface area (Å²) in [6, 6.07) is 2.86. The molecular formula is C24H30F7N5O4. The van der Waals surface area contributed by atoms with Crippen LogP contribution in [0.5, 0.6) is 5.75 Å². The monoisotopic (exact) mass is 585 g/mol. The molecule has 1 aromatic carbocycles. The molecule has 1 unspecified atom stereocenters. The fourth-order valence-corrected chi connectivity index (χ4v) is 3.85. The highest BCUT2D eigenvalue weighted by molar-refractivity contribution is 5.75. The van der Waals surface area contributed by atoms with Crippen LogP contribution in [0.15, 0.2) is 22.7 Å². The zero-order chi connectivity index (χ0) is 30.1. The van der Waals surface area contributed by atoms with Crippen molar-refractivity contribution in [3.8, 4) is 17.1 Å². The molecule has 224 valence electrons. The highest BCUT2D eigenvalue weighted by Gasteiger charge is 2.39. The minimum atomic E-state index is -5.08. The van der Waals surface area contributed by atoms with Crippen molar-refractivity contribution in [3.05, 3.63) is 29.7 Å². The van der Waals surface area contributed by atoms with Gasteiger partial charge in [-0.3, -0.25) is 5.41 Å². The molecule has 0 aliphatic carbocycles. The number of ether oxygens (including phenoxy) is 1. The average molecular weight is 586 g/mol. The Balaban J connectivity index is 0.000000708. The summed E-state index contributed by atoms with van der Waals surface area (Å²) in [5.74, 6) is -3.41. The lowest BCUT2D eigenvalue weighted by Crippen LogP contribution is -2.36. The summed E-state index contributed by atoms with van der Waals surface area (Å²) >= 11 is 0. The van der Waals surface area contributed by atoms with Crippen LogP contribution in [0.4, 0.5) is 30.7 Å². The zero-order valence-corrected chi connectivity index (χ0v) is 21.5. The first-order valence-corrected chi connectivity index (χ1v) is 12.4. The molecule has 1 aromatic heterocycles. The van der Waals surface area contributed by atoms with Gasteiger partial charge >= 0.3 is 18.3 Å². The van der Waals surface area contributed by atoms with Gasteiger partial charge in [0.05, 0.1) is 18.7 Å². The average Bonchev–Trinajstić information content (AvgIpc) is 3.50. The third-order valence-electron chi connectivity index (χ3n) is 5.83. The molecule has 2 atom stereocenters. The number of hydrogen-bond acceptors (Lipinski definition) is 6. The lowest BCUT2D eigenvalue weighted by atomic mass is 10.1. The van der Waals surface area contributed by atoms with Crippen LogP contribution in [-0.2, 0) is 11.0 Å². The second-order valence-electron chi connectivity index (χ2n) is 8.97. The van der Waals surface area contributed by atoms with Gasteiger partial charge in [-0.05, 0) is 24.6 Å². The number of nitrogens with zero attached hydrogens (tertiary/aromatic N) is 3. The van der Waals surface area contributed by atoms with Crippen LogP contribution in [0.25, 0.3) is 11.4 Å². The predicted octanol–water partition coefficient (Wildman–Crippen LogP) is 6.11. The third-order valence-corrected chi connectivity index (χ3v) is 5.83. The van der Waals surface area contributed by atoms with Crippen molar-refractivity contribution < 1.29 is 49.9 Å². The second kappa shape index (κ2) is 14.2. The fourth-order valence-electron chi connectivity index (χ4n) is 3.85. The molecular weight excluding hydrogens is 555 g/mol. The topological polar surface area (TPSA) is 139 Å². The minimum absolute atomic E-state index is 0.000235. The van der Waals surface area contributed by atoms with Gasteiger partial charge in [0.15, 0.2) is 5.96 Å². The standard InChI is InChI=1S/C22H29F4N5O2.C2HF3O2/c1-2-3-4-5-6-7-10-32-18-9-8-14(11-16(18)22(24,25)26)19-29-20(33-30-19)17-12-15(23)13-31(17)21(27)28;3-2(4,5)1(6)7/h8-9,11,15,17H,2-7,10,12-13H2,1H3,(H3,27,28);(H,6,7)/t15?,17-;/m0./s1. The number of aromatic nitrogens is 2. The first kappa shape index (κ1) is 32.6. The minimum Gasteiger partial charge on any atom is -0.493 e. The zero-order valence-electron chi connectivity index (χ0n) is 21.5. The summed E-state index contributed by atoms with van der Waals surface area (Å²) in [7, 11) is 0. The van der Waals surface area contributed by atoms with Crippen LogP contribution in [-0.4, -0.2) is 57.6 Å². The van der Waals surface area contributed by atoms with Crippen LogP contribution in [0.3, 0.4) is 0 Å². The number of nitrogens with one attached hydrogen (secondary N) is 1. The van der Waals surface area contributed by atoms with Crippen molar-refractivity contribution in [2.24, 2.45) is 5.73 Å². The van der Waals surface area contributed by atoms with E-state index in [0.29, 0.717) is 6.42 Å². The summed E-state index contributed by atoms with van der Waals surface area (Å²) in [4.78, 5) is 14.3. The van der Waals surface area contributed by atoms with E-state index in [1.54, 1.807) is 0 Å². The van der Waals surface area contributed by atoms with Gasteiger partial charge in [0.2, 0.25) is 11.7 Å². The number of carboxylic acid groups (broad SMARTS) is 1. The molecule has 1 fully saturated rings. The van der Waals surface area contributed by atoms with Crippen LogP contribution in [0, 0.1) is 5.41 Å². The Morgan fingerprint density at radius 3 is 2.38 bits per heavy atom. The number of nitrogens with two attached hydrogens (primary N) is 1. The number of halogens is 7. The number of alkyl halides is 7. The maximum absolute atomic E-state index is 13.8. The molecule has 4 N–H and O–H groups in total. The van der Waals surface area contributed by atoms with Crippen molar-refractivity contribution >= 4 is 11.9 Å². The predicted molar refractivity (Wildman–Crippen MR) is 128 cm³/mol. The highest BCUT2D eigenvalue weighted by Crippen LogP contribution is 2.39. The van der Waals surface area contributed by atoms with E-state index in [1.807, 2.05) is 0 Å². The maximum atomic E-state index is 13.8. The number of aliphatic carboxylic acids is 1. The Morgan fingerprint density at radius 1 is 1.18 bits per heavy atom. The Kier molecular flexibility index (Phi) is 11.5. The van der Waals surface area contributed by atoms with Gasteiger partial charge in [0, 0.05) is 12.0 Å². The first-order chi connectivity index (χ1) is 18.6. The molecule has 9 nitrogen and oxygen atoms in total. The lowest BCUT2D eigenvalue weighted by Gasteiger charge is -2.20. The summed E-state index contributed by atoms with van der Waals surface area (Å²) < 4.78 is 97.1. The SMILES string of the molecule is CCCCCCCCOc1ccc(-c2noc([C@@H]3CC(F)CN3C(=N)N)n2)cc1C(F)(F)F.O=C(O)C(F)(F)F. The van der Waals surface area contributed by atoms with E-state index in [1.165, 1.54) is 17.0 Å². The van der Waals surface area contributed by atoms with Crippen molar-refractivity contribution in [1.29, 1.82) is 5.41 Å². The van der Waals surface area contributed by atoms with E-state index in [9.17, 15) is 30.7 Å². The maximum Gasteiger partial charge on any atom is 0.490 e. The Morgan fingerprint density at radius 2 is 1.80 bits per heavy atom. The van der Waals surface area contributed by atoms with Gasteiger partial charge < -0.3 is 25.0 Å². The Hall–Kier alpha value is -3.59. The Labute approximate surface area is 225 Å². The molecule has 1 aliphatic rings. The molecule has 0 spiro atoms. The summed E-state index contributed by atoms with van der Waals surface area (Å²) in [5.41, 5.74) is 4.65. The van der Waals surface area contributed by atoms with E-state index in [2.05, 4.69) is 17.1 Å². The van der Waals surface area contributed by atoms with Crippen molar-refractivity contribution in [2.45, 2.75) is 76.4 Å². The molecule has 1 aliphatic heterocycles. The molecule has 16 heteroatoms. The fraction of sp³-hybridized carbons (Fsp3) is 0.583. The highest BCUT2D eigenvalue weighted by atomic mass is 19.4. The number of unbranched alkanes of at least 4 members (excludes halogenated alkanes) is 5. The number of rotatable bonds is 10. The van der Waals surface area contributed by atoms with E-state index in [4.69, 9.17) is 30.3 Å². The van der Waals surface area contributed by atoms with Gasteiger partial charge in [-0.25, -0.2) is 9.18 Å². The number of benzene rings is 1. The molecule has 2 heterocycles. The number of likely N-dealkylation sites (tertiary alicyclic amines) is 1. The van der Waals surface area contributed by atoms with Gasteiger partial charge in [-0.15, -0.1) is 0 Å². The van der Waals surface area contributed by atoms with E-state index in [0.717, 1.165) is 38.2 Å². The number of guanidine groups is 1.